The van der Waals surface area contributed by atoms with Gasteiger partial charge in [0, 0.05) is 41.1 Å². The Balaban J connectivity index is 1.77. The molecule has 0 spiro atoms. The smallest absolute Gasteiger partial charge is 0.255 e. The minimum Gasteiger partial charge on any atom is -0.339 e. The van der Waals surface area contributed by atoms with Gasteiger partial charge in [0.15, 0.2) is 0 Å². The molecule has 1 saturated heterocycles. The number of anilines is 1. The maximum atomic E-state index is 12.8. The summed E-state index contributed by atoms with van der Waals surface area (Å²) in [6.07, 6.45) is 4.55. The maximum absolute atomic E-state index is 12.8. The molecule has 148 valence electrons. The first-order valence-electron chi connectivity index (χ1n) is 9.31. The van der Waals surface area contributed by atoms with Crippen molar-refractivity contribution in [3.63, 3.8) is 0 Å². The highest BCUT2D eigenvalue weighted by atomic mass is 32.2. The van der Waals surface area contributed by atoms with Crippen LogP contribution in [0.5, 0.6) is 0 Å². The normalized spacial score (nSPS) is 16.3. The summed E-state index contributed by atoms with van der Waals surface area (Å²) in [5.41, 5.74) is 2.44. The number of nitrogens with zero attached hydrogens (tertiary/aromatic N) is 1. The molecule has 0 aliphatic carbocycles. The van der Waals surface area contributed by atoms with Gasteiger partial charge in [-0.1, -0.05) is 6.07 Å². The Morgan fingerprint density at radius 2 is 1.68 bits per heavy atom. The van der Waals surface area contributed by atoms with E-state index < -0.39 is 9.73 Å². The number of rotatable bonds is 4. The van der Waals surface area contributed by atoms with Gasteiger partial charge in [-0.05, 0) is 68.1 Å². The number of hydrogen-bond acceptors (Lipinski definition) is 4. The summed E-state index contributed by atoms with van der Waals surface area (Å²) >= 11 is 0. The van der Waals surface area contributed by atoms with E-state index in [1.54, 1.807) is 24.3 Å². The molecule has 0 aromatic heterocycles. The van der Waals surface area contributed by atoms with Crippen molar-refractivity contribution in [2.45, 2.75) is 31.1 Å². The molecule has 6 nitrogen and oxygen atoms in total. The van der Waals surface area contributed by atoms with Crippen LogP contribution in [0.15, 0.2) is 47.4 Å². The molecular formula is C21H25N3O3S. The third-order valence-electron chi connectivity index (χ3n) is 4.94. The SMILES string of the molecule is Cc1ccc(NC(=O)c2ccc(S(C)(=N)=O)cc2)cc1C(=O)N1CCCCC1. The van der Waals surface area contributed by atoms with Crippen LogP contribution in [0.25, 0.3) is 0 Å². The lowest BCUT2D eigenvalue weighted by Crippen LogP contribution is -2.36. The summed E-state index contributed by atoms with van der Waals surface area (Å²) in [4.78, 5) is 27.6. The average Bonchev–Trinajstić information content (AvgIpc) is 2.69. The van der Waals surface area contributed by atoms with Crippen LogP contribution in [-0.2, 0) is 9.73 Å². The molecule has 2 aromatic rings. The van der Waals surface area contributed by atoms with E-state index in [-0.39, 0.29) is 11.8 Å². The number of hydrogen-bond donors (Lipinski definition) is 2. The Morgan fingerprint density at radius 3 is 2.29 bits per heavy atom. The van der Waals surface area contributed by atoms with Gasteiger partial charge in [0.05, 0.1) is 9.73 Å². The second-order valence-electron chi connectivity index (χ2n) is 7.20. The van der Waals surface area contributed by atoms with Gasteiger partial charge in [0.2, 0.25) is 0 Å². The number of nitrogens with one attached hydrogen (secondary N) is 2. The third-order valence-corrected chi connectivity index (χ3v) is 6.11. The van der Waals surface area contributed by atoms with Crippen molar-refractivity contribution in [2.75, 3.05) is 24.7 Å². The van der Waals surface area contributed by atoms with E-state index in [4.69, 9.17) is 4.78 Å². The molecule has 0 saturated carbocycles. The summed E-state index contributed by atoms with van der Waals surface area (Å²) in [6, 6.07) is 11.5. The lowest BCUT2D eigenvalue weighted by molar-refractivity contribution is 0.0723. The Bertz CT molecular complexity index is 992. The van der Waals surface area contributed by atoms with E-state index in [0.29, 0.717) is 21.7 Å². The highest BCUT2D eigenvalue weighted by molar-refractivity contribution is 7.91. The van der Waals surface area contributed by atoms with Gasteiger partial charge in [-0.15, -0.1) is 0 Å². The fraction of sp³-hybridized carbons (Fsp3) is 0.333. The van der Waals surface area contributed by atoms with Crippen LogP contribution in [0, 0.1) is 11.7 Å². The van der Waals surface area contributed by atoms with Gasteiger partial charge in [0.1, 0.15) is 0 Å². The molecule has 0 bridgehead atoms. The van der Waals surface area contributed by atoms with Crippen molar-refractivity contribution in [1.82, 2.24) is 4.90 Å². The number of amides is 2. The molecule has 1 aliphatic heterocycles. The van der Waals surface area contributed by atoms with Crippen molar-refractivity contribution in [2.24, 2.45) is 0 Å². The zero-order chi connectivity index (χ0) is 20.3. The molecule has 2 aromatic carbocycles. The molecular weight excluding hydrogens is 374 g/mol. The fourth-order valence-electron chi connectivity index (χ4n) is 3.27. The van der Waals surface area contributed by atoms with Crippen LogP contribution in [0.3, 0.4) is 0 Å². The highest BCUT2D eigenvalue weighted by Gasteiger charge is 2.20. The summed E-state index contributed by atoms with van der Waals surface area (Å²) in [6.45, 7) is 3.44. The molecule has 1 atom stereocenters. The maximum Gasteiger partial charge on any atom is 0.255 e. The van der Waals surface area contributed by atoms with Crippen molar-refractivity contribution in [3.05, 3.63) is 59.2 Å². The number of aryl methyl sites for hydroxylation is 1. The number of likely N-dealkylation sites (tertiary alicyclic amines) is 1. The first-order valence-corrected chi connectivity index (χ1v) is 11.3. The van der Waals surface area contributed by atoms with Gasteiger partial charge >= 0.3 is 0 Å². The summed E-state index contributed by atoms with van der Waals surface area (Å²) in [5, 5.41) is 2.81. The van der Waals surface area contributed by atoms with Gasteiger partial charge < -0.3 is 10.2 Å². The molecule has 1 unspecified atom stereocenters. The van der Waals surface area contributed by atoms with Crippen LogP contribution < -0.4 is 5.32 Å². The van der Waals surface area contributed by atoms with E-state index in [0.717, 1.165) is 37.9 Å². The summed E-state index contributed by atoms with van der Waals surface area (Å²) in [7, 11) is -2.81. The van der Waals surface area contributed by atoms with Crippen molar-refractivity contribution in [3.8, 4) is 0 Å². The lowest BCUT2D eigenvalue weighted by atomic mass is 10.0. The minimum absolute atomic E-state index is 0.00537. The molecule has 1 aliphatic rings. The van der Waals surface area contributed by atoms with Crippen LogP contribution in [0.1, 0.15) is 45.5 Å². The molecule has 1 fully saturated rings. The highest BCUT2D eigenvalue weighted by Crippen LogP contribution is 2.21. The summed E-state index contributed by atoms with van der Waals surface area (Å²) < 4.78 is 19.3. The Morgan fingerprint density at radius 1 is 1.04 bits per heavy atom. The van der Waals surface area contributed by atoms with Crippen LogP contribution in [0.2, 0.25) is 0 Å². The standard InChI is InChI=1S/C21H25N3O3S/c1-15-6-9-17(14-19(15)21(26)24-12-4-3-5-13-24)23-20(25)16-7-10-18(11-8-16)28(2,22)27/h6-11,14,22H,3-5,12-13H2,1-2H3,(H,23,25). The number of carbonyl (C=O) groups excluding carboxylic acids is 2. The van der Waals surface area contributed by atoms with Crippen LogP contribution in [0.4, 0.5) is 5.69 Å². The second-order valence-corrected chi connectivity index (χ2v) is 9.36. The molecule has 28 heavy (non-hydrogen) atoms. The van der Waals surface area contributed by atoms with Crippen molar-refractivity contribution in [1.29, 1.82) is 4.78 Å². The van der Waals surface area contributed by atoms with Gasteiger partial charge in [0.25, 0.3) is 11.8 Å². The zero-order valence-electron chi connectivity index (χ0n) is 16.2. The predicted octanol–water partition coefficient (Wildman–Crippen LogP) is 3.91. The summed E-state index contributed by atoms with van der Waals surface area (Å²) in [5.74, 6) is -0.315. The number of piperidine rings is 1. The molecule has 1 heterocycles. The number of benzene rings is 2. The fourth-order valence-corrected chi connectivity index (χ4v) is 3.92. The second kappa shape index (κ2) is 8.14. The Hall–Kier alpha value is -2.67. The van der Waals surface area contributed by atoms with Crippen molar-refractivity contribution < 1.29 is 13.8 Å². The first-order chi connectivity index (χ1) is 13.3. The van der Waals surface area contributed by atoms with Crippen molar-refractivity contribution >= 4 is 27.2 Å². The van der Waals surface area contributed by atoms with Crippen LogP contribution in [-0.4, -0.2) is 40.3 Å². The minimum atomic E-state index is -2.81. The first kappa shape index (κ1) is 20.1. The predicted molar refractivity (Wildman–Crippen MR) is 110 cm³/mol. The van der Waals surface area contributed by atoms with E-state index in [1.165, 1.54) is 18.4 Å². The van der Waals surface area contributed by atoms with Gasteiger partial charge in [-0.25, -0.2) is 8.99 Å². The lowest BCUT2D eigenvalue weighted by Gasteiger charge is -2.27. The topological polar surface area (TPSA) is 90.3 Å². The van der Waals surface area contributed by atoms with Crippen LogP contribution >= 0.6 is 0 Å². The van der Waals surface area contributed by atoms with Gasteiger partial charge in [-0.3, -0.25) is 9.59 Å². The monoisotopic (exact) mass is 399 g/mol. The molecule has 7 heteroatoms. The molecule has 3 rings (SSSR count). The third kappa shape index (κ3) is 4.59. The van der Waals surface area contributed by atoms with E-state index in [1.807, 2.05) is 17.9 Å². The van der Waals surface area contributed by atoms with E-state index in [2.05, 4.69) is 5.32 Å². The zero-order valence-corrected chi connectivity index (χ0v) is 17.0. The quantitative estimate of drug-likeness (QED) is 0.817. The van der Waals surface area contributed by atoms with E-state index in [9.17, 15) is 13.8 Å². The molecule has 0 radical (unpaired) electrons. The van der Waals surface area contributed by atoms with Gasteiger partial charge in [-0.2, -0.15) is 0 Å². The largest absolute Gasteiger partial charge is 0.339 e. The number of carbonyl (C=O) groups is 2. The Labute approximate surface area is 165 Å². The average molecular weight is 400 g/mol. The molecule has 2 amide bonds. The molecule has 2 N–H and O–H groups in total. The van der Waals surface area contributed by atoms with E-state index >= 15 is 0 Å². The Kier molecular flexibility index (Phi) is 5.84.